The van der Waals surface area contributed by atoms with Crippen molar-refractivity contribution in [3.63, 3.8) is 0 Å². The van der Waals surface area contributed by atoms with Gasteiger partial charge in [-0.1, -0.05) is 134 Å². The number of rotatable bonds is 1. The molecule has 0 bridgehead atoms. The van der Waals surface area contributed by atoms with E-state index in [9.17, 15) is 0 Å². The summed E-state index contributed by atoms with van der Waals surface area (Å²) in [6.45, 7) is 19.9. The van der Waals surface area contributed by atoms with Crippen molar-refractivity contribution in [1.82, 2.24) is 0 Å². The number of nitrogens with zero attached hydrogens (tertiary/aromatic N) is 1. The molecule has 0 N–H and O–H groups in total. The van der Waals surface area contributed by atoms with Crippen molar-refractivity contribution < 1.29 is 0 Å². The zero-order valence-corrected chi connectivity index (χ0v) is 29.5. The largest absolute Gasteiger partial charge is 0.309 e. The number of benzene rings is 6. The molecule has 48 heavy (non-hydrogen) atoms. The van der Waals surface area contributed by atoms with E-state index in [1.807, 2.05) is 0 Å². The summed E-state index contributed by atoms with van der Waals surface area (Å²) in [6, 6.07) is 33.7. The Morgan fingerprint density at radius 2 is 0.958 bits per heavy atom. The van der Waals surface area contributed by atoms with Crippen molar-refractivity contribution in [1.29, 1.82) is 0 Å². The number of para-hydroxylation sites is 1. The molecule has 0 atom stereocenters. The van der Waals surface area contributed by atoms with Gasteiger partial charge in [0.25, 0.3) is 0 Å². The van der Waals surface area contributed by atoms with E-state index in [1.165, 1.54) is 101 Å². The highest BCUT2D eigenvalue weighted by molar-refractivity contribution is 6.98. The first kappa shape index (κ1) is 27.6. The Bertz CT molecular complexity index is 2360. The molecule has 0 aromatic heterocycles. The fraction of sp³-hybridized carbons (Fsp3) is 0.304. The first-order chi connectivity index (χ1) is 22.8. The van der Waals surface area contributed by atoms with Crippen LogP contribution in [0.5, 0.6) is 0 Å². The van der Waals surface area contributed by atoms with Gasteiger partial charge in [0.2, 0.25) is 6.71 Å². The quantitative estimate of drug-likeness (QED) is 0.165. The lowest BCUT2D eigenvalue weighted by molar-refractivity contribution is 0.403. The molecule has 0 unspecified atom stereocenters. The van der Waals surface area contributed by atoms with Crippen LogP contribution in [0.25, 0.3) is 43.8 Å². The highest BCUT2D eigenvalue weighted by atomic mass is 15.2. The van der Waals surface area contributed by atoms with E-state index in [0.29, 0.717) is 0 Å². The van der Waals surface area contributed by atoms with E-state index < -0.39 is 0 Å². The molecule has 1 nitrogen and oxygen atoms in total. The number of anilines is 3. The molecule has 6 aromatic carbocycles. The van der Waals surface area contributed by atoms with E-state index in [0.717, 1.165) is 0 Å². The van der Waals surface area contributed by atoms with Gasteiger partial charge in [-0.2, -0.15) is 0 Å². The van der Waals surface area contributed by atoms with Crippen molar-refractivity contribution in [3.05, 3.63) is 107 Å². The third-order valence-electron chi connectivity index (χ3n) is 13.2. The van der Waals surface area contributed by atoms with Crippen molar-refractivity contribution in [2.24, 2.45) is 0 Å². The Morgan fingerprint density at radius 3 is 1.44 bits per heavy atom. The van der Waals surface area contributed by atoms with Crippen LogP contribution in [-0.4, -0.2) is 6.71 Å². The van der Waals surface area contributed by atoms with Gasteiger partial charge in [0, 0.05) is 33.3 Å². The van der Waals surface area contributed by atoms with Crippen LogP contribution < -0.4 is 21.3 Å². The van der Waals surface area contributed by atoms with Crippen molar-refractivity contribution in [3.8, 4) is 22.3 Å². The Hall–Kier alpha value is -4.30. The van der Waals surface area contributed by atoms with E-state index >= 15 is 0 Å². The third kappa shape index (κ3) is 3.00. The van der Waals surface area contributed by atoms with Gasteiger partial charge >= 0.3 is 0 Å². The molecule has 0 saturated heterocycles. The standard InChI is InChI=1S/C46H42BN/c1-43(2)23-45(5,6)38-28-17-19-34-41-36(28)30(21-32(38)43)26-15-12-16-27-31-22-33-39(46(7,8)24-44(33,3)4)29-18-20-35(42(37(29)31)48(41)40(26)27)47(34)25-13-10-9-11-14-25/h9-22H,23-24H2,1-8H3. The van der Waals surface area contributed by atoms with Crippen LogP contribution >= 0.6 is 0 Å². The lowest BCUT2D eigenvalue weighted by Crippen LogP contribution is -2.58. The summed E-state index contributed by atoms with van der Waals surface area (Å²) in [4.78, 5) is 2.75. The minimum absolute atomic E-state index is 0.111. The van der Waals surface area contributed by atoms with Gasteiger partial charge in [-0.25, -0.2) is 0 Å². The zero-order valence-electron chi connectivity index (χ0n) is 29.5. The smallest absolute Gasteiger partial charge is 0.246 e. The Kier molecular flexibility index (Phi) is 4.67. The molecule has 5 aliphatic rings. The maximum atomic E-state index is 2.75. The fourth-order valence-electron chi connectivity index (χ4n) is 12.2. The van der Waals surface area contributed by atoms with Crippen LogP contribution in [0.2, 0.25) is 0 Å². The predicted molar refractivity (Wildman–Crippen MR) is 207 cm³/mol. The monoisotopic (exact) mass is 619 g/mol. The lowest BCUT2D eigenvalue weighted by Gasteiger charge is -2.46. The molecule has 3 heterocycles. The zero-order chi connectivity index (χ0) is 32.9. The second kappa shape index (κ2) is 8.11. The van der Waals surface area contributed by atoms with Crippen LogP contribution in [0.4, 0.5) is 17.1 Å². The van der Waals surface area contributed by atoms with E-state index in [1.54, 1.807) is 11.1 Å². The van der Waals surface area contributed by atoms with Gasteiger partial charge in [0.05, 0.1) is 5.69 Å². The van der Waals surface area contributed by atoms with Gasteiger partial charge in [-0.3, -0.25) is 0 Å². The molecule has 0 amide bonds. The first-order valence-electron chi connectivity index (χ1n) is 18.1. The summed E-state index contributed by atoms with van der Waals surface area (Å²) in [5, 5.41) is 5.82. The number of hydrogen-bond donors (Lipinski definition) is 0. The predicted octanol–water partition coefficient (Wildman–Crippen LogP) is 10.2. The van der Waals surface area contributed by atoms with Gasteiger partial charge in [0.15, 0.2) is 0 Å². The van der Waals surface area contributed by atoms with E-state index in [-0.39, 0.29) is 28.4 Å². The molecule has 0 radical (unpaired) electrons. The molecule has 0 fully saturated rings. The summed E-state index contributed by atoms with van der Waals surface area (Å²) < 4.78 is 0. The lowest BCUT2D eigenvalue weighted by atomic mass is 9.34. The van der Waals surface area contributed by atoms with Crippen molar-refractivity contribution >= 4 is 61.7 Å². The minimum atomic E-state index is 0.111. The summed E-state index contributed by atoms with van der Waals surface area (Å²) in [5.41, 5.74) is 20.8. The molecule has 6 aromatic rings. The molecule has 0 spiro atoms. The van der Waals surface area contributed by atoms with Crippen LogP contribution in [0.1, 0.15) is 90.5 Å². The fourth-order valence-corrected chi connectivity index (χ4v) is 12.2. The first-order valence-corrected chi connectivity index (χ1v) is 18.1. The van der Waals surface area contributed by atoms with Gasteiger partial charge in [0.1, 0.15) is 0 Å². The highest BCUT2D eigenvalue weighted by Gasteiger charge is 2.50. The van der Waals surface area contributed by atoms with Crippen molar-refractivity contribution in [2.75, 3.05) is 4.90 Å². The molecular weight excluding hydrogens is 577 g/mol. The highest BCUT2D eigenvalue weighted by Crippen LogP contribution is 2.64. The van der Waals surface area contributed by atoms with Crippen LogP contribution in [-0.2, 0) is 21.7 Å². The van der Waals surface area contributed by atoms with E-state index in [2.05, 4.69) is 145 Å². The maximum Gasteiger partial charge on any atom is 0.246 e. The van der Waals surface area contributed by atoms with E-state index in [4.69, 9.17) is 0 Å². The summed E-state index contributed by atoms with van der Waals surface area (Å²) in [5.74, 6) is 0. The summed E-state index contributed by atoms with van der Waals surface area (Å²) >= 11 is 0. The Morgan fingerprint density at radius 1 is 0.479 bits per heavy atom. The summed E-state index contributed by atoms with van der Waals surface area (Å²) in [7, 11) is 0. The average Bonchev–Trinajstić information content (AvgIpc) is 3.36. The second-order valence-electron chi connectivity index (χ2n) is 18.3. The molecule has 2 aliphatic carbocycles. The van der Waals surface area contributed by atoms with Crippen molar-refractivity contribution in [2.45, 2.75) is 89.9 Å². The number of hydrogen-bond acceptors (Lipinski definition) is 1. The number of fused-ring (bicyclic) bond motifs is 6. The second-order valence-corrected chi connectivity index (χ2v) is 18.3. The molecule has 3 aliphatic heterocycles. The molecule has 234 valence electrons. The third-order valence-corrected chi connectivity index (χ3v) is 13.2. The molecular formula is C46H42BN. The molecule has 2 heteroatoms. The topological polar surface area (TPSA) is 3.24 Å². The van der Waals surface area contributed by atoms with Crippen LogP contribution in [0.3, 0.4) is 0 Å². The Labute approximate surface area is 285 Å². The van der Waals surface area contributed by atoms with Gasteiger partial charge in [-0.05, 0) is 102 Å². The normalized spacial score (nSPS) is 20.1. The maximum absolute atomic E-state index is 2.75. The molecule has 11 rings (SSSR count). The SMILES string of the molecule is CC1(C)CC(C)(C)c2c1cc1c3c4c(ccc23)B(c2ccccc2)c2ccc3c5c(cc6c3c2N4c2c-1cccc2-6)C(C)(C)CC5(C)C. The van der Waals surface area contributed by atoms with Gasteiger partial charge < -0.3 is 4.90 Å². The van der Waals surface area contributed by atoms with Crippen LogP contribution in [0, 0.1) is 0 Å². The average molecular weight is 620 g/mol. The van der Waals surface area contributed by atoms with Gasteiger partial charge in [-0.15, -0.1) is 0 Å². The summed E-state index contributed by atoms with van der Waals surface area (Å²) in [6.07, 6.45) is 2.33. The van der Waals surface area contributed by atoms with Crippen LogP contribution in [0.15, 0.2) is 84.9 Å². The molecule has 0 saturated carbocycles. The Balaban J connectivity index is 1.38. The minimum Gasteiger partial charge on any atom is -0.309 e.